The molecule has 8 heteroatoms. The first-order chi connectivity index (χ1) is 9.40. The van der Waals surface area contributed by atoms with Crippen LogP contribution < -0.4 is 4.72 Å². The van der Waals surface area contributed by atoms with Crippen LogP contribution in [-0.2, 0) is 14.8 Å². The van der Waals surface area contributed by atoms with Crippen molar-refractivity contribution >= 4 is 27.3 Å². The van der Waals surface area contributed by atoms with E-state index in [0.717, 1.165) is 11.3 Å². The van der Waals surface area contributed by atoms with Gasteiger partial charge in [0.15, 0.2) is 0 Å². The molecule has 1 aliphatic rings. The summed E-state index contributed by atoms with van der Waals surface area (Å²) in [6, 6.07) is 1.38. The molecule has 0 aliphatic heterocycles. The Kier molecular flexibility index (Phi) is 4.79. The van der Waals surface area contributed by atoms with E-state index in [1.807, 2.05) is 0 Å². The molecule has 1 aromatic heterocycles. The molecule has 2 rings (SSSR count). The van der Waals surface area contributed by atoms with Crippen molar-refractivity contribution in [1.82, 2.24) is 4.72 Å². The quantitative estimate of drug-likeness (QED) is 0.708. The summed E-state index contributed by atoms with van der Waals surface area (Å²) in [6.07, 6.45) is 2.39. The highest BCUT2D eigenvalue weighted by molar-refractivity contribution is 7.91. The van der Waals surface area contributed by atoms with Gasteiger partial charge in [-0.3, -0.25) is 0 Å². The van der Waals surface area contributed by atoms with E-state index in [4.69, 9.17) is 9.84 Å². The second-order valence-electron chi connectivity index (χ2n) is 4.80. The van der Waals surface area contributed by atoms with Crippen LogP contribution in [0.3, 0.4) is 0 Å². The number of aryl methyl sites for hydroxylation is 1. The monoisotopic (exact) mass is 319 g/mol. The van der Waals surface area contributed by atoms with Crippen molar-refractivity contribution in [3.8, 4) is 0 Å². The minimum atomic E-state index is -3.66. The van der Waals surface area contributed by atoms with E-state index >= 15 is 0 Å². The predicted molar refractivity (Wildman–Crippen MR) is 74.7 cm³/mol. The minimum Gasteiger partial charge on any atom is -0.477 e. The highest BCUT2D eigenvalue weighted by Crippen LogP contribution is 2.28. The van der Waals surface area contributed by atoms with Gasteiger partial charge in [-0.1, -0.05) is 0 Å². The number of hydrogen-bond donors (Lipinski definition) is 2. The van der Waals surface area contributed by atoms with Gasteiger partial charge in [0.05, 0.1) is 6.61 Å². The fourth-order valence-electron chi connectivity index (χ4n) is 1.65. The maximum atomic E-state index is 12.0. The average molecular weight is 319 g/mol. The van der Waals surface area contributed by atoms with Crippen LogP contribution in [0.2, 0.25) is 0 Å². The van der Waals surface area contributed by atoms with Gasteiger partial charge in [0, 0.05) is 13.2 Å². The summed E-state index contributed by atoms with van der Waals surface area (Å²) in [4.78, 5) is 11.0. The zero-order valence-electron chi connectivity index (χ0n) is 11.1. The molecule has 1 heterocycles. The third-order valence-electron chi connectivity index (χ3n) is 2.94. The molecule has 0 radical (unpaired) electrons. The molecule has 2 N–H and O–H groups in total. The number of carbonyl (C=O) groups is 1. The van der Waals surface area contributed by atoms with Crippen LogP contribution in [0.25, 0.3) is 0 Å². The van der Waals surface area contributed by atoms with E-state index in [2.05, 4.69) is 4.72 Å². The van der Waals surface area contributed by atoms with Crippen molar-refractivity contribution < 1.29 is 23.1 Å². The first-order valence-electron chi connectivity index (χ1n) is 6.31. The molecular weight excluding hydrogens is 302 g/mol. The topological polar surface area (TPSA) is 92.7 Å². The number of sulfonamides is 1. The van der Waals surface area contributed by atoms with Crippen molar-refractivity contribution in [1.29, 1.82) is 0 Å². The molecule has 1 aliphatic carbocycles. The molecule has 1 fully saturated rings. The molecule has 0 spiro atoms. The number of aromatic carboxylic acids is 1. The number of rotatable bonds is 8. The van der Waals surface area contributed by atoms with Crippen molar-refractivity contribution in [2.24, 2.45) is 5.92 Å². The summed E-state index contributed by atoms with van der Waals surface area (Å²) in [7, 11) is -3.66. The second-order valence-corrected chi connectivity index (χ2v) is 7.84. The standard InChI is InChI=1S/C12H17NO5S2/c1-8-6-10(19-11(8)12(14)15)20(16,17)13-4-5-18-7-9-2-3-9/h6,9,13H,2-5,7H2,1H3,(H,14,15). The number of carboxylic acid groups (broad SMARTS) is 1. The van der Waals surface area contributed by atoms with Crippen LogP contribution in [0.4, 0.5) is 0 Å². The number of ether oxygens (including phenoxy) is 1. The van der Waals surface area contributed by atoms with Gasteiger partial charge in [0.25, 0.3) is 0 Å². The summed E-state index contributed by atoms with van der Waals surface area (Å²) in [6.45, 7) is 2.78. The minimum absolute atomic E-state index is 0.0228. The fourth-order valence-corrected chi connectivity index (χ4v) is 4.09. The lowest BCUT2D eigenvalue weighted by Crippen LogP contribution is -2.27. The summed E-state index contributed by atoms with van der Waals surface area (Å²) in [5, 5.41) is 8.92. The van der Waals surface area contributed by atoms with Gasteiger partial charge in [-0.2, -0.15) is 0 Å². The number of nitrogens with one attached hydrogen (secondary N) is 1. The highest BCUT2D eigenvalue weighted by Gasteiger charge is 2.22. The predicted octanol–water partition coefficient (Wildman–Crippen LogP) is 1.46. The molecule has 0 atom stereocenters. The van der Waals surface area contributed by atoms with Gasteiger partial charge in [-0.25, -0.2) is 17.9 Å². The van der Waals surface area contributed by atoms with E-state index in [1.54, 1.807) is 6.92 Å². The Labute approximate surface area is 121 Å². The van der Waals surface area contributed by atoms with Gasteiger partial charge in [-0.15, -0.1) is 11.3 Å². The average Bonchev–Trinajstić information content (AvgIpc) is 3.09. The Morgan fingerprint density at radius 3 is 2.80 bits per heavy atom. The molecular formula is C12H17NO5S2. The largest absolute Gasteiger partial charge is 0.477 e. The molecule has 1 saturated carbocycles. The van der Waals surface area contributed by atoms with Crippen molar-refractivity contribution in [2.45, 2.75) is 24.0 Å². The van der Waals surface area contributed by atoms with Crippen molar-refractivity contribution in [2.75, 3.05) is 19.8 Å². The van der Waals surface area contributed by atoms with Gasteiger partial charge in [0.1, 0.15) is 9.09 Å². The third-order valence-corrected chi connectivity index (χ3v) is 6.10. The molecule has 0 saturated heterocycles. The van der Waals surface area contributed by atoms with Crippen LogP contribution in [0.1, 0.15) is 28.1 Å². The normalized spacial score (nSPS) is 15.4. The lowest BCUT2D eigenvalue weighted by Gasteiger charge is -2.05. The summed E-state index contributed by atoms with van der Waals surface area (Å²) in [5.41, 5.74) is 0.452. The second kappa shape index (κ2) is 6.21. The number of hydrogen-bond acceptors (Lipinski definition) is 5. The Hall–Kier alpha value is -0.960. The number of carboxylic acids is 1. The molecule has 20 heavy (non-hydrogen) atoms. The zero-order valence-corrected chi connectivity index (χ0v) is 12.7. The lowest BCUT2D eigenvalue weighted by molar-refractivity contribution is 0.0701. The summed E-state index contributed by atoms with van der Waals surface area (Å²) < 4.78 is 31.7. The van der Waals surface area contributed by atoms with E-state index in [9.17, 15) is 13.2 Å². The van der Waals surface area contributed by atoms with E-state index in [0.29, 0.717) is 24.7 Å². The Morgan fingerprint density at radius 2 is 2.25 bits per heavy atom. The Morgan fingerprint density at radius 1 is 1.55 bits per heavy atom. The van der Waals surface area contributed by atoms with E-state index in [-0.39, 0.29) is 15.6 Å². The molecule has 6 nitrogen and oxygen atoms in total. The first-order valence-corrected chi connectivity index (χ1v) is 8.61. The van der Waals surface area contributed by atoms with Crippen LogP contribution in [0, 0.1) is 12.8 Å². The van der Waals surface area contributed by atoms with E-state index in [1.165, 1.54) is 18.9 Å². The molecule has 0 unspecified atom stereocenters. The van der Waals surface area contributed by atoms with Crippen LogP contribution in [-0.4, -0.2) is 39.3 Å². The maximum absolute atomic E-state index is 12.0. The van der Waals surface area contributed by atoms with Gasteiger partial charge >= 0.3 is 5.97 Å². The number of thiophene rings is 1. The van der Waals surface area contributed by atoms with Crippen molar-refractivity contribution in [3.63, 3.8) is 0 Å². The molecule has 0 aromatic carbocycles. The smallest absolute Gasteiger partial charge is 0.346 e. The molecule has 1 aromatic rings. The summed E-state index contributed by atoms with van der Waals surface area (Å²) >= 11 is 0.762. The van der Waals surface area contributed by atoms with Gasteiger partial charge in [0.2, 0.25) is 10.0 Å². The van der Waals surface area contributed by atoms with Crippen LogP contribution in [0.15, 0.2) is 10.3 Å². The van der Waals surface area contributed by atoms with Gasteiger partial charge < -0.3 is 9.84 Å². The first kappa shape index (κ1) is 15.4. The SMILES string of the molecule is Cc1cc(S(=O)(=O)NCCOCC2CC2)sc1C(=O)O. The molecule has 112 valence electrons. The Bertz CT molecular complexity index is 589. The van der Waals surface area contributed by atoms with Crippen LogP contribution in [0.5, 0.6) is 0 Å². The third kappa shape index (κ3) is 4.02. The fraction of sp³-hybridized carbons (Fsp3) is 0.583. The molecule has 0 bridgehead atoms. The maximum Gasteiger partial charge on any atom is 0.346 e. The Balaban J connectivity index is 1.88. The molecule has 0 amide bonds. The van der Waals surface area contributed by atoms with Crippen LogP contribution >= 0.6 is 11.3 Å². The van der Waals surface area contributed by atoms with Crippen molar-refractivity contribution in [3.05, 3.63) is 16.5 Å². The lowest BCUT2D eigenvalue weighted by atomic mass is 10.3. The van der Waals surface area contributed by atoms with Gasteiger partial charge in [-0.05, 0) is 37.3 Å². The zero-order chi connectivity index (χ0) is 14.8. The summed E-state index contributed by atoms with van der Waals surface area (Å²) in [5.74, 6) is -0.466. The highest BCUT2D eigenvalue weighted by atomic mass is 32.2. The van der Waals surface area contributed by atoms with E-state index < -0.39 is 16.0 Å².